The number of benzene rings is 1. The SMILES string of the molecule is Cc1cc(-c2cc(S(=O)(=O)NCCN3CCN(C)C3=O)c(C)cc2C)ccn1. The van der Waals surface area contributed by atoms with Gasteiger partial charge in [-0.3, -0.25) is 4.98 Å². The van der Waals surface area contributed by atoms with E-state index in [0.717, 1.165) is 22.4 Å². The monoisotopic (exact) mass is 402 g/mol. The minimum absolute atomic E-state index is 0.0685. The zero-order valence-corrected chi connectivity index (χ0v) is 17.5. The highest BCUT2D eigenvalue weighted by Gasteiger charge is 2.25. The average molecular weight is 403 g/mol. The van der Waals surface area contributed by atoms with Crippen molar-refractivity contribution in [2.24, 2.45) is 0 Å². The first-order chi connectivity index (χ1) is 13.2. The van der Waals surface area contributed by atoms with E-state index in [1.54, 1.807) is 36.0 Å². The van der Waals surface area contributed by atoms with Crippen LogP contribution < -0.4 is 4.72 Å². The summed E-state index contributed by atoms with van der Waals surface area (Å²) in [6.45, 7) is 7.48. The molecule has 1 aliphatic heterocycles. The predicted octanol–water partition coefficient (Wildman–Crippen LogP) is 2.32. The number of carbonyl (C=O) groups is 1. The van der Waals surface area contributed by atoms with Crippen molar-refractivity contribution in [1.82, 2.24) is 19.5 Å². The van der Waals surface area contributed by atoms with Crippen molar-refractivity contribution in [1.29, 1.82) is 0 Å². The molecular formula is C20H26N4O3S. The van der Waals surface area contributed by atoms with Crippen LogP contribution in [-0.2, 0) is 10.0 Å². The van der Waals surface area contributed by atoms with Gasteiger partial charge in [0.2, 0.25) is 10.0 Å². The molecule has 1 aliphatic rings. The fourth-order valence-corrected chi connectivity index (χ4v) is 4.72. The van der Waals surface area contributed by atoms with E-state index in [2.05, 4.69) is 9.71 Å². The molecule has 2 amide bonds. The minimum atomic E-state index is -3.69. The first-order valence-electron chi connectivity index (χ1n) is 9.23. The Morgan fingerprint density at radius 3 is 2.50 bits per heavy atom. The first kappa shape index (κ1) is 20.3. The number of carbonyl (C=O) groups excluding carboxylic acids is 1. The van der Waals surface area contributed by atoms with Crippen molar-refractivity contribution >= 4 is 16.1 Å². The number of nitrogens with zero attached hydrogens (tertiary/aromatic N) is 3. The summed E-state index contributed by atoms with van der Waals surface area (Å²) < 4.78 is 28.4. The zero-order chi connectivity index (χ0) is 20.5. The van der Waals surface area contributed by atoms with Gasteiger partial charge in [0.25, 0.3) is 0 Å². The van der Waals surface area contributed by atoms with Gasteiger partial charge in [-0.15, -0.1) is 0 Å². The summed E-state index contributed by atoms with van der Waals surface area (Å²) in [4.78, 5) is 19.7. The average Bonchev–Trinajstić information content (AvgIpc) is 2.93. The molecule has 0 saturated carbocycles. The van der Waals surface area contributed by atoms with Crippen molar-refractivity contribution in [3.05, 3.63) is 47.3 Å². The van der Waals surface area contributed by atoms with Crippen LogP contribution in [-0.4, -0.2) is 62.5 Å². The molecule has 1 aromatic carbocycles. The Labute approximate surface area is 166 Å². The molecule has 0 aliphatic carbocycles. The van der Waals surface area contributed by atoms with Gasteiger partial charge in [0, 0.05) is 45.1 Å². The van der Waals surface area contributed by atoms with Crippen molar-refractivity contribution in [2.45, 2.75) is 25.7 Å². The van der Waals surface area contributed by atoms with Gasteiger partial charge in [0.05, 0.1) is 4.90 Å². The largest absolute Gasteiger partial charge is 0.326 e. The fourth-order valence-electron chi connectivity index (χ4n) is 3.45. The van der Waals surface area contributed by atoms with Crippen LogP contribution in [0.25, 0.3) is 11.1 Å². The summed E-state index contributed by atoms with van der Waals surface area (Å²) >= 11 is 0. The normalized spacial score (nSPS) is 14.8. The highest BCUT2D eigenvalue weighted by Crippen LogP contribution is 2.29. The second-order valence-corrected chi connectivity index (χ2v) is 8.94. The molecule has 2 heterocycles. The van der Waals surface area contributed by atoms with Gasteiger partial charge in [-0.1, -0.05) is 6.07 Å². The molecule has 0 radical (unpaired) electrons. The molecule has 0 spiro atoms. The van der Waals surface area contributed by atoms with Crippen LogP contribution in [0, 0.1) is 20.8 Å². The van der Waals surface area contributed by atoms with Crippen LogP contribution in [0.15, 0.2) is 35.4 Å². The van der Waals surface area contributed by atoms with Crippen molar-refractivity contribution < 1.29 is 13.2 Å². The van der Waals surface area contributed by atoms with Gasteiger partial charge < -0.3 is 9.80 Å². The lowest BCUT2D eigenvalue weighted by atomic mass is 9.99. The minimum Gasteiger partial charge on any atom is -0.326 e. The number of hydrogen-bond donors (Lipinski definition) is 1. The van der Waals surface area contributed by atoms with Crippen LogP contribution in [0.2, 0.25) is 0 Å². The number of pyridine rings is 1. The molecule has 1 aromatic heterocycles. The Morgan fingerprint density at radius 2 is 1.86 bits per heavy atom. The lowest BCUT2D eigenvalue weighted by Gasteiger charge is -2.17. The Kier molecular flexibility index (Phi) is 5.71. The maximum absolute atomic E-state index is 12.9. The van der Waals surface area contributed by atoms with Crippen molar-refractivity contribution in [3.8, 4) is 11.1 Å². The molecule has 0 atom stereocenters. The Bertz CT molecular complexity index is 1000. The third-order valence-corrected chi connectivity index (χ3v) is 6.60. The van der Waals surface area contributed by atoms with Gasteiger partial charge in [-0.2, -0.15) is 0 Å². The molecule has 3 rings (SSSR count). The van der Waals surface area contributed by atoms with E-state index in [0.29, 0.717) is 25.2 Å². The van der Waals surface area contributed by atoms with E-state index in [4.69, 9.17) is 0 Å². The second kappa shape index (κ2) is 7.89. The Morgan fingerprint density at radius 1 is 1.11 bits per heavy atom. The van der Waals surface area contributed by atoms with Gasteiger partial charge in [-0.05, 0) is 61.2 Å². The first-order valence-corrected chi connectivity index (χ1v) is 10.7. The maximum Gasteiger partial charge on any atom is 0.319 e. The molecular weight excluding hydrogens is 376 g/mol. The van der Waals surface area contributed by atoms with Crippen LogP contribution >= 0.6 is 0 Å². The highest BCUT2D eigenvalue weighted by molar-refractivity contribution is 7.89. The summed E-state index contributed by atoms with van der Waals surface area (Å²) in [5.74, 6) is 0. The number of amides is 2. The molecule has 1 N–H and O–H groups in total. The van der Waals surface area contributed by atoms with Crippen molar-refractivity contribution in [3.63, 3.8) is 0 Å². The smallest absolute Gasteiger partial charge is 0.319 e. The number of hydrogen-bond acceptors (Lipinski definition) is 4. The van der Waals surface area contributed by atoms with E-state index < -0.39 is 10.0 Å². The lowest BCUT2D eigenvalue weighted by Crippen LogP contribution is -2.37. The fraction of sp³-hybridized carbons (Fsp3) is 0.400. The van der Waals surface area contributed by atoms with Crippen LogP contribution in [0.1, 0.15) is 16.8 Å². The number of sulfonamides is 1. The second-order valence-electron chi connectivity index (χ2n) is 7.21. The van der Waals surface area contributed by atoms with Crippen molar-refractivity contribution in [2.75, 3.05) is 33.2 Å². The molecule has 28 heavy (non-hydrogen) atoms. The molecule has 150 valence electrons. The van der Waals surface area contributed by atoms with Gasteiger partial charge in [0.15, 0.2) is 0 Å². The van der Waals surface area contributed by atoms with E-state index in [1.165, 1.54) is 0 Å². The molecule has 1 saturated heterocycles. The Balaban J connectivity index is 1.81. The summed E-state index contributed by atoms with van der Waals surface area (Å²) in [5.41, 5.74) is 4.38. The molecule has 2 aromatic rings. The van der Waals surface area contributed by atoms with E-state index in [1.807, 2.05) is 32.0 Å². The number of aryl methyl sites for hydroxylation is 3. The number of urea groups is 1. The highest BCUT2D eigenvalue weighted by atomic mass is 32.2. The quantitative estimate of drug-likeness (QED) is 0.804. The third-order valence-electron chi connectivity index (χ3n) is 5.00. The van der Waals surface area contributed by atoms with Crippen LogP contribution in [0.5, 0.6) is 0 Å². The molecule has 0 unspecified atom stereocenters. The standard InChI is InChI=1S/C20H26N4O3S/c1-14-11-15(2)19(13-18(14)17-5-6-21-16(3)12-17)28(26,27)22-7-8-24-10-9-23(4)20(24)25/h5-6,11-13,22H,7-10H2,1-4H3. The van der Waals surface area contributed by atoms with Gasteiger partial charge in [0.1, 0.15) is 0 Å². The molecule has 0 bridgehead atoms. The van der Waals surface area contributed by atoms with E-state index >= 15 is 0 Å². The summed E-state index contributed by atoms with van der Waals surface area (Å²) in [6, 6.07) is 7.36. The molecule has 1 fully saturated rings. The molecule has 7 nitrogen and oxygen atoms in total. The number of nitrogens with one attached hydrogen (secondary N) is 1. The topological polar surface area (TPSA) is 82.6 Å². The maximum atomic E-state index is 12.9. The van der Waals surface area contributed by atoms with E-state index in [9.17, 15) is 13.2 Å². The summed E-state index contributed by atoms with van der Waals surface area (Å²) in [7, 11) is -1.95. The number of rotatable bonds is 6. The summed E-state index contributed by atoms with van der Waals surface area (Å²) in [6.07, 6.45) is 1.72. The lowest BCUT2D eigenvalue weighted by molar-refractivity contribution is 0.199. The van der Waals surface area contributed by atoms with E-state index in [-0.39, 0.29) is 17.5 Å². The molecule has 8 heteroatoms. The van der Waals surface area contributed by atoms with Crippen LogP contribution in [0.3, 0.4) is 0 Å². The summed E-state index contributed by atoms with van der Waals surface area (Å²) in [5, 5.41) is 0. The van der Waals surface area contributed by atoms with Crippen LogP contribution in [0.4, 0.5) is 4.79 Å². The number of likely N-dealkylation sites (N-methyl/N-ethyl adjacent to an activating group) is 1. The van der Waals surface area contributed by atoms with Gasteiger partial charge >= 0.3 is 6.03 Å². The van der Waals surface area contributed by atoms with Gasteiger partial charge in [-0.25, -0.2) is 17.9 Å². The number of aromatic nitrogens is 1. The predicted molar refractivity (Wildman–Crippen MR) is 109 cm³/mol. The Hall–Kier alpha value is -2.45. The zero-order valence-electron chi connectivity index (χ0n) is 16.7. The third kappa shape index (κ3) is 4.18.